The number of aromatic nitrogens is 12. The second kappa shape index (κ2) is 30.9. The molecule has 0 spiro atoms. The maximum absolute atomic E-state index is 14.4. The molecule has 46 heteroatoms. The third-order valence-corrected chi connectivity index (χ3v) is 24.8. The number of nitrogens with two attached hydrogens (primary N) is 6. The van der Waals surface area contributed by atoms with Crippen LogP contribution in [-0.2, 0) is 60.1 Å². The highest BCUT2D eigenvalue weighted by Crippen LogP contribution is 2.43. The van der Waals surface area contributed by atoms with Crippen molar-refractivity contribution >= 4 is 77.2 Å². The van der Waals surface area contributed by atoms with E-state index in [0.29, 0.717) is 51.6 Å². The van der Waals surface area contributed by atoms with Crippen molar-refractivity contribution in [3.63, 3.8) is 0 Å². The minimum atomic E-state index is -4.65. The number of sulfonamides is 6. The van der Waals surface area contributed by atoms with Crippen LogP contribution in [0.5, 0.6) is 0 Å². The highest BCUT2D eigenvalue weighted by molar-refractivity contribution is 7.93. The molecule has 7 atom stereocenters. The first-order chi connectivity index (χ1) is 45.1. The summed E-state index contributed by atoms with van der Waals surface area (Å²) < 4.78 is 205. The molecule has 0 amide bonds. The lowest BCUT2D eigenvalue weighted by atomic mass is 10.0. The standard InChI is InChI=1S/2C17H25FN8O4S2.C16H25FN8O5S2.CH4/c2*18-11-9-26(8-7-12(11)19)13-5-6-14(32(29,30)23-10-3-1-2-4-10)16(31(20,27)28)15(13)17-21-24-25-22-17;1-2-9(26)7-20-32(29,30)13-4-3-12(25-6-5-11(18)10(17)8-25)14(15(13)31(19,27)28)16-21-23-24-22-16;/h2*5-6,10-12,23H,1-4,7-9,19H2,(H2,20,27,28)(H,21,22,24,25);3-4,9-11,20,26H,2,5-8,18H2,1H3,(H2,19,27,28)(H,21,22,23,24);1H4/t2*11-,12+;9-,10-,11+;/m101./s1. The molecule has 0 unspecified atom stereocenters. The van der Waals surface area contributed by atoms with Crippen LogP contribution in [0.1, 0.15) is 91.4 Å². The number of H-pyrrole nitrogens is 3. The van der Waals surface area contributed by atoms with E-state index in [1.54, 1.807) is 16.7 Å². The maximum Gasteiger partial charge on any atom is 0.242 e. The second-order valence-electron chi connectivity index (χ2n) is 23.6. The van der Waals surface area contributed by atoms with E-state index in [1.165, 1.54) is 23.1 Å². The summed E-state index contributed by atoms with van der Waals surface area (Å²) >= 11 is 0. The average molecular weight is 1490 g/mol. The van der Waals surface area contributed by atoms with Gasteiger partial charge in [-0.3, -0.25) is 0 Å². The molecule has 3 aromatic heterocycles. The van der Waals surface area contributed by atoms with Gasteiger partial charge < -0.3 is 37.0 Å². The molecule has 6 heterocycles. The molecule has 0 radical (unpaired) electrons. The molecule has 97 heavy (non-hydrogen) atoms. The summed E-state index contributed by atoms with van der Waals surface area (Å²) in [6.07, 6.45) is 2.28. The number of halogens is 3. The fraction of sp³-hybridized carbons (Fsp3) is 0.588. The lowest BCUT2D eigenvalue weighted by Crippen LogP contribution is -2.48. The molecular formula is C51H79F3N24O13S6. The fourth-order valence-electron chi connectivity index (χ4n) is 11.9. The Labute approximate surface area is 558 Å². The summed E-state index contributed by atoms with van der Waals surface area (Å²) in [6, 6.07) is 4.98. The molecule has 5 aliphatic rings. The number of aliphatic hydroxyl groups excluding tert-OH is 1. The number of hydrogen-bond donors (Lipinski definition) is 13. The number of nitrogens with one attached hydrogen (secondary N) is 6. The molecule has 37 nitrogen and oxygen atoms in total. The lowest BCUT2D eigenvalue weighted by molar-refractivity contribution is 0.174. The van der Waals surface area contributed by atoms with Crippen molar-refractivity contribution in [2.24, 2.45) is 32.6 Å². The molecule has 2 aliphatic carbocycles. The van der Waals surface area contributed by atoms with Crippen molar-refractivity contribution in [1.82, 2.24) is 76.0 Å². The van der Waals surface area contributed by atoms with Crippen molar-refractivity contribution in [2.75, 3.05) is 60.5 Å². The fourth-order valence-corrected chi connectivity index (χ4v) is 20.4. The highest BCUT2D eigenvalue weighted by atomic mass is 32.2. The molecule has 11 rings (SSSR count). The molecule has 538 valence electrons. The van der Waals surface area contributed by atoms with Gasteiger partial charge in [0.2, 0.25) is 77.6 Å². The normalized spacial score (nSPS) is 22.1. The first kappa shape index (κ1) is 76.1. The lowest BCUT2D eigenvalue weighted by Gasteiger charge is -2.35. The summed E-state index contributed by atoms with van der Waals surface area (Å²) in [7, 11) is -26.7. The summed E-state index contributed by atoms with van der Waals surface area (Å²) in [6.45, 7) is 1.87. The molecule has 3 aromatic carbocycles. The molecular weight excluding hydrogens is 1410 g/mol. The third-order valence-electron chi connectivity index (χ3n) is 16.9. The van der Waals surface area contributed by atoms with E-state index in [4.69, 9.17) is 32.6 Å². The summed E-state index contributed by atoms with van der Waals surface area (Å²) in [5.74, 6) is -0.584. The molecule has 0 bridgehead atoms. The van der Waals surface area contributed by atoms with Crippen molar-refractivity contribution in [3.05, 3.63) is 36.4 Å². The van der Waals surface area contributed by atoms with E-state index in [9.17, 15) is 68.8 Å². The number of aromatic amines is 3. The van der Waals surface area contributed by atoms with E-state index in [1.807, 2.05) is 0 Å². The minimum absolute atomic E-state index is 0. The quantitative estimate of drug-likeness (QED) is 0.0405. The Morgan fingerprint density at radius 1 is 0.495 bits per heavy atom. The van der Waals surface area contributed by atoms with Crippen molar-refractivity contribution < 1.29 is 68.8 Å². The molecule has 19 N–H and O–H groups in total. The van der Waals surface area contributed by atoms with Crippen LogP contribution in [0.15, 0.2) is 65.8 Å². The smallest absolute Gasteiger partial charge is 0.242 e. The van der Waals surface area contributed by atoms with Crippen molar-refractivity contribution in [1.29, 1.82) is 0 Å². The number of alkyl halides is 3. The van der Waals surface area contributed by atoms with Gasteiger partial charge in [-0.05, 0) is 103 Å². The van der Waals surface area contributed by atoms with Gasteiger partial charge in [0.25, 0.3) is 0 Å². The van der Waals surface area contributed by atoms with Crippen LogP contribution in [0.2, 0.25) is 0 Å². The molecule has 2 saturated carbocycles. The number of primary sulfonamides is 3. The second-order valence-corrected chi connectivity index (χ2v) is 33.2. The van der Waals surface area contributed by atoms with Gasteiger partial charge >= 0.3 is 0 Å². The van der Waals surface area contributed by atoms with Gasteiger partial charge in [-0.1, -0.05) is 40.0 Å². The highest BCUT2D eigenvalue weighted by Gasteiger charge is 2.40. The van der Waals surface area contributed by atoms with Gasteiger partial charge in [0.15, 0.2) is 0 Å². The molecule has 6 aromatic rings. The van der Waals surface area contributed by atoms with Crippen molar-refractivity contribution in [2.45, 2.75) is 176 Å². The van der Waals surface area contributed by atoms with Crippen LogP contribution in [0, 0.1) is 0 Å². The largest absolute Gasteiger partial charge is 0.392 e. The average Bonchev–Trinajstić information content (AvgIpc) is 1.10. The first-order valence-electron chi connectivity index (χ1n) is 30.1. The van der Waals surface area contributed by atoms with Crippen molar-refractivity contribution in [3.8, 4) is 34.2 Å². The number of benzene rings is 3. The Morgan fingerprint density at radius 3 is 1.03 bits per heavy atom. The van der Waals surface area contributed by atoms with Gasteiger partial charge in [0.05, 0.1) is 42.4 Å². The summed E-state index contributed by atoms with van der Waals surface area (Å²) in [5, 5.41) is 66.1. The molecule has 3 aliphatic heterocycles. The van der Waals surface area contributed by atoms with E-state index < -0.39 is 132 Å². The minimum Gasteiger partial charge on any atom is -0.392 e. The topological polar surface area (TPSA) is 590 Å². The number of aliphatic hydroxyl groups is 1. The SMILES string of the molecule is C.CC[C@@H](O)CNS(=O)(=O)c1ccc(N2CC[C@H](N)[C@H](F)C2)c(-c2nn[nH]n2)c1S(N)(=O)=O.N[C@@H]1CCN(c2ccc(S(=O)(=O)NC3CCCC3)c(S(N)(=O)=O)c2-c2nn[nH]n2)C[C@@H]1F.N[C@H]1CCN(c2ccc(S(=O)(=O)NC3CCCC3)c(S(N)(=O)=O)c2-c2nn[nH]n2)C[C@H]1F. The van der Waals surface area contributed by atoms with Gasteiger partial charge in [0, 0.05) is 73.5 Å². The maximum atomic E-state index is 14.4. The summed E-state index contributed by atoms with van der Waals surface area (Å²) in [5.41, 5.74) is 17.3. The van der Waals surface area contributed by atoms with E-state index in [0.717, 1.165) is 43.9 Å². The molecule has 3 saturated heterocycles. The Kier molecular flexibility index (Phi) is 24.2. The third kappa shape index (κ3) is 17.7. The Bertz CT molecular complexity index is 4230. The van der Waals surface area contributed by atoms with Crippen LogP contribution in [0.4, 0.5) is 30.2 Å². The van der Waals surface area contributed by atoms with Gasteiger partial charge in [0.1, 0.15) is 47.9 Å². The number of nitrogens with zero attached hydrogens (tertiary/aromatic N) is 12. The van der Waals surface area contributed by atoms with Crippen LogP contribution < -0.4 is 61.5 Å². The number of piperidine rings is 3. The number of rotatable bonds is 20. The van der Waals surface area contributed by atoms with Crippen LogP contribution >= 0.6 is 0 Å². The number of tetrazole rings is 3. The summed E-state index contributed by atoms with van der Waals surface area (Å²) in [4.78, 5) is 0.919. The number of anilines is 3. The zero-order valence-corrected chi connectivity index (χ0v) is 56.3. The van der Waals surface area contributed by atoms with E-state index >= 15 is 0 Å². The predicted octanol–water partition coefficient (Wildman–Crippen LogP) is -1.70. The molecule has 5 fully saturated rings. The van der Waals surface area contributed by atoms with Crippen LogP contribution in [-0.4, -0.2) is 218 Å². The zero-order chi connectivity index (χ0) is 69.9. The van der Waals surface area contributed by atoms with Crippen LogP contribution in [0.3, 0.4) is 0 Å². The predicted molar refractivity (Wildman–Crippen MR) is 345 cm³/mol. The Hall–Kier alpha value is -6.64. The Morgan fingerprint density at radius 2 is 0.784 bits per heavy atom. The van der Waals surface area contributed by atoms with Gasteiger partial charge in [-0.15, -0.1) is 30.6 Å². The van der Waals surface area contributed by atoms with Crippen LogP contribution in [0.25, 0.3) is 34.2 Å². The Balaban J connectivity index is 0.000000185. The zero-order valence-electron chi connectivity index (χ0n) is 51.4. The monoisotopic (exact) mass is 1480 g/mol. The van der Waals surface area contributed by atoms with Gasteiger partial charge in [-0.2, -0.15) is 15.6 Å². The van der Waals surface area contributed by atoms with Gasteiger partial charge in [-0.25, -0.2) is 93.3 Å². The first-order valence-corrected chi connectivity index (χ1v) is 39.2. The number of hydrogen-bond acceptors (Lipinski definition) is 28. The van der Waals surface area contributed by atoms with E-state index in [2.05, 4.69) is 76.0 Å². The van der Waals surface area contributed by atoms with E-state index in [-0.39, 0.29) is 116 Å².